The molecule has 1 heterocycles. The van der Waals surface area contributed by atoms with Crippen LogP contribution in [0.15, 0.2) is 12.2 Å². The van der Waals surface area contributed by atoms with E-state index in [1.807, 2.05) is 61.5 Å². The van der Waals surface area contributed by atoms with E-state index in [1.165, 1.54) is 87.7 Å². The molecule has 85 heavy (non-hydrogen) atoms. The van der Waals surface area contributed by atoms with Gasteiger partial charge in [-0.25, -0.2) is 0 Å². The molecule has 0 unspecified atom stereocenters. The summed E-state index contributed by atoms with van der Waals surface area (Å²) in [6, 6.07) is -12.3. The van der Waals surface area contributed by atoms with E-state index < -0.39 is 156 Å². The molecule has 0 saturated carbocycles. The van der Waals surface area contributed by atoms with Gasteiger partial charge in [0.15, 0.2) is 0 Å². The zero-order valence-corrected chi connectivity index (χ0v) is 56.1. The third-order valence-electron chi connectivity index (χ3n) is 16.1. The summed E-state index contributed by atoms with van der Waals surface area (Å²) in [6.07, 6.45) is 3.04. The maximum Gasteiger partial charge on any atom is 0.246 e. The molecule has 0 aromatic heterocycles. The lowest BCUT2D eigenvalue weighted by Crippen LogP contribution is -2.63. The van der Waals surface area contributed by atoms with Gasteiger partial charge in [-0.05, 0) is 101 Å². The SMILES string of the molecule is C/C=C/C[C@H](C)[C@H](O)[C@@H]1C(=O)N[C@H](CC)C(=O)N(C)CC(=O)N(C)[C@H](CC(C)C)C(=O)N[C@H](C(C)C)C(=O)N(C)[C@H](CC(C)C)C(=O)N[C@H](C)C(=O)N[C@@H](C)C(=O)N(C)[C@H](CC(C)C)C(=O)N(C)[C@H](CC(C)C)C(=O)N(C)[C@H](C(C)C)C(=O)N1C. The molecule has 1 aliphatic rings. The zero-order valence-electron chi connectivity index (χ0n) is 56.1. The molecule has 23 heteroatoms. The number of aliphatic hydroxyl groups excluding tert-OH is 1. The van der Waals surface area contributed by atoms with E-state index in [1.54, 1.807) is 54.5 Å². The van der Waals surface area contributed by atoms with E-state index in [0.717, 1.165) is 9.80 Å². The number of hydrogen-bond donors (Lipinski definition) is 5. The van der Waals surface area contributed by atoms with Gasteiger partial charge >= 0.3 is 0 Å². The number of rotatable bonds is 15. The average molecular weight is 1200 g/mol. The van der Waals surface area contributed by atoms with E-state index >= 15 is 9.59 Å². The fourth-order valence-corrected chi connectivity index (χ4v) is 10.7. The van der Waals surface area contributed by atoms with E-state index in [9.17, 15) is 48.3 Å². The number of amides is 11. The smallest absolute Gasteiger partial charge is 0.246 e. The summed E-state index contributed by atoms with van der Waals surface area (Å²) in [4.78, 5) is 169. The monoisotopic (exact) mass is 1200 g/mol. The molecule has 0 spiro atoms. The van der Waals surface area contributed by atoms with E-state index in [-0.39, 0.29) is 55.8 Å². The molecule has 11 amide bonds. The van der Waals surface area contributed by atoms with Crippen LogP contribution >= 0.6 is 0 Å². The number of nitrogens with one attached hydrogen (secondary N) is 4. The van der Waals surface area contributed by atoms with Crippen molar-refractivity contribution in [1.82, 2.24) is 55.6 Å². The van der Waals surface area contributed by atoms with Crippen molar-refractivity contribution in [3.63, 3.8) is 0 Å². The lowest BCUT2D eigenvalue weighted by atomic mass is 9.91. The molecule has 1 fully saturated rings. The molecular weight excluding hydrogens is 1090 g/mol. The van der Waals surface area contributed by atoms with Crippen molar-refractivity contribution in [2.24, 2.45) is 41.4 Å². The van der Waals surface area contributed by atoms with Crippen molar-refractivity contribution >= 4 is 65.0 Å². The molecule has 1 aliphatic heterocycles. The Morgan fingerprint density at radius 3 is 1.32 bits per heavy atom. The summed E-state index contributed by atoms with van der Waals surface area (Å²) in [5, 5.41) is 23.1. The zero-order chi connectivity index (χ0) is 66.0. The van der Waals surface area contributed by atoms with E-state index in [0.29, 0.717) is 6.42 Å². The summed E-state index contributed by atoms with van der Waals surface area (Å²) >= 11 is 0. The Hall–Kier alpha value is -6.13. The van der Waals surface area contributed by atoms with Gasteiger partial charge in [0.05, 0.1) is 12.6 Å². The first kappa shape index (κ1) is 76.9. The molecule has 12 atom stereocenters. The van der Waals surface area contributed by atoms with Crippen molar-refractivity contribution < 1.29 is 57.8 Å². The van der Waals surface area contributed by atoms with Crippen LogP contribution in [0.2, 0.25) is 0 Å². The van der Waals surface area contributed by atoms with Gasteiger partial charge in [0.1, 0.15) is 60.4 Å². The first-order valence-electron chi connectivity index (χ1n) is 30.6. The Morgan fingerprint density at radius 1 is 0.459 bits per heavy atom. The lowest BCUT2D eigenvalue weighted by Gasteiger charge is -2.41. The van der Waals surface area contributed by atoms with Crippen LogP contribution in [0.25, 0.3) is 0 Å². The Labute approximate surface area is 508 Å². The summed E-state index contributed by atoms with van der Waals surface area (Å²) in [5.74, 6) is -9.71. The van der Waals surface area contributed by atoms with Crippen LogP contribution in [-0.2, 0) is 52.7 Å². The van der Waals surface area contributed by atoms with Gasteiger partial charge < -0.3 is 60.7 Å². The Bertz CT molecular complexity index is 2330. The highest BCUT2D eigenvalue weighted by atomic mass is 16.3. The van der Waals surface area contributed by atoms with Crippen LogP contribution in [0.4, 0.5) is 0 Å². The molecule has 1 saturated heterocycles. The van der Waals surface area contributed by atoms with Crippen LogP contribution in [0, 0.1) is 41.4 Å². The molecule has 0 aromatic rings. The molecule has 0 aromatic carbocycles. The Morgan fingerprint density at radius 2 is 0.871 bits per heavy atom. The number of likely N-dealkylation sites (N-methyl/N-ethyl adjacent to an activating group) is 7. The standard InChI is InChI=1S/C62H111N11O12/c1-25-27-28-40(15)52(75)51-56(79)65-43(26-2)58(81)67(18)33-48(74)68(19)44(29-34(3)4)55(78)66-49(38(11)12)61(84)69(20)45(30-35(5)6)54(77)63-41(16)53(76)64-42(17)57(80)70(21)46(31-36(7)8)59(82)71(22)47(32-37(9)10)60(83)72(23)50(39(13)14)62(85)73(51)24/h25,27,34-47,49-52,75H,26,28-33H2,1-24H3,(H,63,77)(H,64,76)(H,65,79)(H,66,78)/b27-25+/t40-,41+,42-,43+,44+,45+,46+,47+,49+,50+,51+,52-/m0/s1. The molecule has 0 bridgehead atoms. The van der Waals surface area contributed by atoms with Crippen LogP contribution in [0.3, 0.4) is 0 Å². The minimum absolute atomic E-state index is 0.0229. The van der Waals surface area contributed by atoms with Crippen LogP contribution < -0.4 is 21.3 Å². The Kier molecular flexibility index (Phi) is 31.5. The fraction of sp³-hybridized carbons (Fsp3) is 0.790. The average Bonchev–Trinajstić information content (AvgIpc) is 3.62. The number of carbonyl (C=O) groups excluding carboxylic acids is 11. The van der Waals surface area contributed by atoms with Gasteiger partial charge in [0.25, 0.3) is 0 Å². The number of hydrogen-bond acceptors (Lipinski definition) is 12. The second-order valence-corrected chi connectivity index (χ2v) is 26.1. The summed E-state index contributed by atoms with van der Waals surface area (Å²) < 4.78 is 0. The first-order chi connectivity index (χ1) is 39.2. The van der Waals surface area contributed by atoms with Gasteiger partial charge in [-0.15, -0.1) is 0 Å². The van der Waals surface area contributed by atoms with Crippen molar-refractivity contribution in [1.29, 1.82) is 0 Å². The molecule has 0 aliphatic carbocycles. The largest absolute Gasteiger partial charge is 0.390 e. The van der Waals surface area contributed by atoms with Crippen LogP contribution in [-0.4, -0.2) is 227 Å². The molecule has 5 N–H and O–H groups in total. The van der Waals surface area contributed by atoms with Crippen molar-refractivity contribution in [2.75, 3.05) is 55.9 Å². The van der Waals surface area contributed by atoms with Crippen LogP contribution in [0.1, 0.15) is 156 Å². The minimum atomic E-state index is -1.61. The molecule has 1 rings (SSSR count). The number of carbonyl (C=O) groups is 11. The third-order valence-corrected chi connectivity index (χ3v) is 16.1. The predicted molar refractivity (Wildman–Crippen MR) is 328 cm³/mol. The highest BCUT2D eigenvalue weighted by Gasteiger charge is 2.45. The van der Waals surface area contributed by atoms with Gasteiger partial charge in [-0.2, -0.15) is 0 Å². The normalized spacial score (nSPS) is 26.9. The molecule has 23 nitrogen and oxygen atoms in total. The van der Waals surface area contributed by atoms with Crippen molar-refractivity contribution in [3.05, 3.63) is 12.2 Å². The fourth-order valence-electron chi connectivity index (χ4n) is 10.7. The Balaban J connectivity index is 4.32. The number of aliphatic hydroxyl groups is 1. The van der Waals surface area contributed by atoms with Gasteiger partial charge in [0.2, 0.25) is 65.0 Å². The molecule has 486 valence electrons. The summed E-state index contributed by atoms with van der Waals surface area (Å²) in [6.45, 7) is 29.3. The topological polar surface area (TPSA) is 279 Å². The quantitative estimate of drug-likeness (QED) is 0.148. The third kappa shape index (κ3) is 21.7. The number of nitrogens with zero attached hydrogens (tertiary/aromatic N) is 7. The summed E-state index contributed by atoms with van der Waals surface area (Å²) in [7, 11) is 9.92. The van der Waals surface area contributed by atoms with Gasteiger partial charge in [-0.1, -0.05) is 109 Å². The minimum Gasteiger partial charge on any atom is -0.390 e. The maximum atomic E-state index is 15.1. The van der Waals surface area contributed by atoms with E-state index in [4.69, 9.17) is 0 Å². The molecule has 0 radical (unpaired) electrons. The van der Waals surface area contributed by atoms with Gasteiger partial charge in [-0.3, -0.25) is 52.7 Å². The predicted octanol–water partition coefficient (Wildman–Crippen LogP) is 3.27. The number of allylic oxidation sites excluding steroid dienone is 2. The van der Waals surface area contributed by atoms with Crippen molar-refractivity contribution in [2.45, 2.75) is 223 Å². The first-order valence-corrected chi connectivity index (χ1v) is 30.6. The highest BCUT2D eigenvalue weighted by Crippen LogP contribution is 2.26. The maximum absolute atomic E-state index is 15.1. The molecular formula is C62H111N11O12. The van der Waals surface area contributed by atoms with Gasteiger partial charge in [0, 0.05) is 49.3 Å². The lowest BCUT2D eigenvalue weighted by molar-refractivity contribution is -0.157. The van der Waals surface area contributed by atoms with Crippen molar-refractivity contribution in [3.8, 4) is 0 Å². The highest BCUT2D eigenvalue weighted by molar-refractivity contribution is 5.99. The van der Waals surface area contributed by atoms with E-state index in [2.05, 4.69) is 21.3 Å². The van der Waals surface area contributed by atoms with Crippen LogP contribution in [0.5, 0.6) is 0 Å². The second-order valence-electron chi connectivity index (χ2n) is 26.1. The summed E-state index contributed by atoms with van der Waals surface area (Å²) in [5.41, 5.74) is 0. The second kappa shape index (κ2) is 34.9.